The molecule has 1 atom stereocenters. The molecule has 0 saturated carbocycles. The summed E-state index contributed by atoms with van der Waals surface area (Å²) in [5, 5.41) is 5.55. The van der Waals surface area contributed by atoms with Gasteiger partial charge in [0.25, 0.3) is 0 Å². The molecule has 0 unspecified atom stereocenters. The smallest absolute Gasteiger partial charge is 0.227 e. The van der Waals surface area contributed by atoms with Crippen LogP contribution in [0.2, 0.25) is 0 Å². The van der Waals surface area contributed by atoms with E-state index in [1.807, 2.05) is 12.3 Å². The van der Waals surface area contributed by atoms with Crippen molar-refractivity contribution in [2.75, 3.05) is 11.4 Å². The molecule has 1 aromatic carbocycles. The molecule has 1 aromatic heterocycles. The monoisotopic (exact) mass is 347 g/mol. The number of thiazole rings is 1. The summed E-state index contributed by atoms with van der Waals surface area (Å²) < 4.78 is 14.1. The molecule has 0 radical (unpaired) electrons. The fraction of sp³-hybridized carbons (Fsp3) is 0.353. The minimum absolute atomic E-state index is 0.0933. The first-order chi connectivity index (χ1) is 11.4. The van der Waals surface area contributed by atoms with E-state index in [0.717, 1.165) is 16.3 Å². The summed E-state index contributed by atoms with van der Waals surface area (Å²) in [6.07, 6.45) is 0.0933. The maximum Gasteiger partial charge on any atom is 0.227 e. The zero-order valence-electron chi connectivity index (χ0n) is 13.5. The summed E-state index contributed by atoms with van der Waals surface area (Å²) in [6, 6.07) is 4.73. The average Bonchev–Trinajstić information content (AvgIpc) is 3.11. The zero-order chi connectivity index (χ0) is 17.3. The van der Waals surface area contributed by atoms with Gasteiger partial charge >= 0.3 is 0 Å². The molecular weight excluding hydrogens is 329 g/mol. The molecule has 2 heterocycles. The first-order valence-electron chi connectivity index (χ1n) is 7.69. The first-order valence-corrected chi connectivity index (χ1v) is 8.57. The van der Waals surface area contributed by atoms with Crippen LogP contribution in [-0.2, 0) is 16.1 Å². The van der Waals surface area contributed by atoms with E-state index in [2.05, 4.69) is 10.3 Å². The fourth-order valence-electron chi connectivity index (χ4n) is 2.74. The Kier molecular flexibility index (Phi) is 4.62. The molecule has 3 rings (SSSR count). The highest BCUT2D eigenvalue weighted by molar-refractivity contribution is 7.09. The second-order valence-electron chi connectivity index (χ2n) is 5.96. The topological polar surface area (TPSA) is 62.3 Å². The van der Waals surface area contributed by atoms with Gasteiger partial charge in [0, 0.05) is 24.0 Å². The zero-order valence-corrected chi connectivity index (χ0v) is 14.3. The van der Waals surface area contributed by atoms with Gasteiger partial charge in [-0.15, -0.1) is 11.3 Å². The molecule has 1 fully saturated rings. The number of carbonyl (C=O) groups is 2. The van der Waals surface area contributed by atoms with Crippen LogP contribution in [0.1, 0.15) is 22.7 Å². The minimum atomic E-state index is -0.473. The number of anilines is 1. The third-order valence-corrected chi connectivity index (χ3v) is 4.94. The van der Waals surface area contributed by atoms with Crippen molar-refractivity contribution in [2.24, 2.45) is 5.92 Å². The molecule has 5 nitrogen and oxygen atoms in total. The summed E-state index contributed by atoms with van der Waals surface area (Å²) in [5.41, 5.74) is 1.94. The lowest BCUT2D eigenvalue weighted by Crippen LogP contribution is -2.32. The number of halogens is 1. The van der Waals surface area contributed by atoms with E-state index in [1.54, 1.807) is 19.1 Å². The van der Waals surface area contributed by atoms with Crippen molar-refractivity contribution in [3.8, 4) is 0 Å². The second-order valence-corrected chi connectivity index (χ2v) is 6.90. The van der Waals surface area contributed by atoms with Crippen LogP contribution in [0.25, 0.3) is 0 Å². The number of hydrogen-bond donors (Lipinski definition) is 1. The first kappa shape index (κ1) is 16.6. The molecule has 2 aromatic rings. The number of rotatable bonds is 4. The van der Waals surface area contributed by atoms with Gasteiger partial charge in [-0.1, -0.05) is 6.07 Å². The number of carbonyl (C=O) groups excluding carboxylic acids is 2. The molecule has 1 N–H and O–H groups in total. The summed E-state index contributed by atoms with van der Waals surface area (Å²) in [6.45, 7) is 4.23. The maximum absolute atomic E-state index is 14.1. The molecule has 0 bridgehead atoms. The molecule has 126 valence electrons. The van der Waals surface area contributed by atoms with Crippen molar-refractivity contribution in [1.29, 1.82) is 0 Å². The molecule has 7 heteroatoms. The number of aromatic nitrogens is 1. The average molecular weight is 347 g/mol. The van der Waals surface area contributed by atoms with Gasteiger partial charge in [-0.3, -0.25) is 9.59 Å². The number of hydrogen-bond acceptors (Lipinski definition) is 4. The Morgan fingerprint density at radius 1 is 1.46 bits per heavy atom. The van der Waals surface area contributed by atoms with Crippen molar-refractivity contribution >= 4 is 28.8 Å². The van der Waals surface area contributed by atoms with E-state index in [-0.39, 0.29) is 30.5 Å². The van der Waals surface area contributed by atoms with E-state index >= 15 is 0 Å². The number of amides is 2. The van der Waals surface area contributed by atoms with Crippen LogP contribution >= 0.6 is 11.3 Å². The van der Waals surface area contributed by atoms with E-state index in [0.29, 0.717) is 6.54 Å². The van der Waals surface area contributed by atoms with Gasteiger partial charge in [-0.05, 0) is 31.5 Å². The predicted molar refractivity (Wildman–Crippen MR) is 90.3 cm³/mol. The largest absolute Gasteiger partial charge is 0.349 e. The minimum Gasteiger partial charge on any atom is -0.349 e. The van der Waals surface area contributed by atoms with Gasteiger partial charge < -0.3 is 10.2 Å². The molecule has 1 aliphatic rings. The van der Waals surface area contributed by atoms with Crippen LogP contribution in [0, 0.1) is 25.6 Å². The Labute approximate surface area is 143 Å². The SMILES string of the molecule is Cc1ccc(N2C[C@@H](C(=O)NCc3nc(C)cs3)CC2=O)c(F)c1. The number of benzene rings is 1. The van der Waals surface area contributed by atoms with Crippen molar-refractivity contribution in [3.05, 3.63) is 45.7 Å². The second kappa shape index (κ2) is 6.68. The Morgan fingerprint density at radius 3 is 2.92 bits per heavy atom. The summed E-state index contributed by atoms with van der Waals surface area (Å²) in [4.78, 5) is 30.1. The van der Waals surface area contributed by atoms with Gasteiger partial charge in [0.05, 0.1) is 18.2 Å². The van der Waals surface area contributed by atoms with E-state index in [4.69, 9.17) is 0 Å². The van der Waals surface area contributed by atoms with E-state index < -0.39 is 11.7 Å². The van der Waals surface area contributed by atoms with Crippen molar-refractivity contribution in [2.45, 2.75) is 26.8 Å². The standard InChI is InChI=1S/C17H18FN3O2S/c1-10-3-4-14(13(18)5-10)21-8-12(6-16(21)22)17(23)19-7-15-20-11(2)9-24-15/h3-5,9,12H,6-8H2,1-2H3,(H,19,23)/t12-/m0/s1. The molecule has 1 aliphatic heterocycles. The molecule has 0 spiro atoms. The molecule has 24 heavy (non-hydrogen) atoms. The molecule has 2 amide bonds. The van der Waals surface area contributed by atoms with Crippen LogP contribution < -0.4 is 10.2 Å². The maximum atomic E-state index is 14.1. The highest BCUT2D eigenvalue weighted by Gasteiger charge is 2.36. The number of nitrogens with one attached hydrogen (secondary N) is 1. The van der Waals surface area contributed by atoms with Crippen LogP contribution in [0.3, 0.4) is 0 Å². The lowest BCUT2D eigenvalue weighted by atomic mass is 10.1. The van der Waals surface area contributed by atoms with Crippen LogP contribution in [0.5, 0.6) is 0 Å². The highest BCUT2D eigenvalue weighted by atomic mass is 32.1. The molecule has 1 saturated heterocycles. The van der Waals surface area contributed by atoms with Crippen LogP contribution in [0.4, 0.5) is 10.1 Å². The lowest BCUT2D eigenvalue weighted by molar-refractivity contribution is -0.126. The fourth-order valence-corrected chi connectivity index (χ4v) is 3.45. The van der Waals surface area contributed by atoms with Crippen molar-refractivity contribution in [1.82, 2.24) is 10.3 Å². The van der Waals surface area contributed by atoms with Gasteiger partial charge in [0.15, 0.2) is 0 Å². The van der Waals surface area contributed by atoms with E-state index in [9.17, 15) is 14.0 Å². The summed E-state index contributed by atoms with van der Waals surface area (Å²) in [7, 11) is 0. The third kappa shape index (κ3) is 3.46. The van der Waals surface area contributed by atoms with Gasteiger partial charge in [-0.25, -0.2) is 9.37 Å². The Morgan fingerprint density at radius 2 is 2.25 bits per heavy atom. The Balaban J connectivity index is 1.64. The van der Waals surface area contributed by atoms with E-state index in [1.165, 1.54) is 22.3 Å². The van der Waals surface area contributed by atoms with Gasteiger partial charge in [0.1, 0.15) is 10.8 Å². The molecule has 0 aliphatic carbocycles. The molecular formula is C17H18FN3O2S. The Bertz CT molecular complexity index is 790. The van der Waals surface area contributed by atoms with Gasteiger partial charge in [-0.2, -0.15) is 0 Å². The summed E-state index contributed by atoms with van der Waals surface area (Å²) >= 11 is 1.48. The summed E-state index contributed by atoms with van der Waals surface area (Å²) in [5.74, 6) is -1.35. The Hall–Kier alpha value is -2.28. The van der Waals surface area contributed by atoms with Crippen LogP contribution in [0.15, 0.2) is 23.6 Å². The van der Waals surface area contributed by atoms with Crippen molar-refractivity contribution in [3.63, 3.8) is 0 Å². The highest BCUT2D eigenvalue weighted by Crippen LogP contribution is 2.28. The predicted octanol–water partition coefficient (Wildman–Crippen LogP) is 2.57. The van der Waals surface area contributed by atoms with Crippen LogP contribution in [-0.4, -0.2) is 23.3 Å². The third-order valence-electron chi connectivity index (χ3n) is 3.97. The number of aryl methyl sites for hydroxylation is 2. The quantitative estimate of drug-likeness (QED) is 0.925. The van der Waals surface area contributed by atoms with Gasteiger partial charge in [0.2, 0.25) is 11.8 Å². The van der Waals surface area contributed by atoms with Crippen molar-refractivity contribution < 1.29 is 14.0 Å². The number of nitrogens with zero attached hydrogens (tertiary/aromatic N) is 2. The normalized spacial score (nSPS) is 17.4. The lowest BCUT2D eigenvalue weighted by Gasteiger charge is -2.17.